The zero-order valence-electron chi connectivity index (χ0n) is 11.2. The molecule has 2 aromatic rings. The number of hydrogen-bond acceptors (Lipinski definition) is 3. The van der Waals surface area contributed by atoms with Crippen molar-refractivity contribution in [2.45, 2.75) is 18.9 Å². The summed E-state index contributed by atoms with van der Waals surface area (Å²) in [6.45, 7) is 0.521. The van der Waals surface area contributed by atoms with Gasteiger partial charge in [-0.2, -0.15) is 0 Å². The highest BCUT2D eigenvalue weighted by molar-refractivity contribution is 5.83. The van der Waals surface area contributed by atoms with Gasteiger partial charge in [0.25, 0.3) is 0 Å². The van der Waals surface area contributed by atoms with Gasteiger partial charge in [-0.25, -0.2) is 0 Å². The highest BCUT2D eigenvalue weighted by Gasteiger charge is 2.11. The van der Waals surface area contributed by atoms with Crippen LogP contribution in [-0.4, -0.2) is 23.5 Å². The Morgan fingerprint density at radius 1 is 1.40 bits per heavy atom. The van der Waals surface area contributed by atoms with Gasteiger partial charge in [0.1, 0.15) is 0 Å². The first-order valence-electron chi connectivity index (χ1n) is 6.51. The van der Waals surface area contributed by atoms with Crippen molar-refractivity contribution in [3.05, 3.63) is 42.1 Å². The van der Waals surface area contributed by atoms with Gasteiger partial charge in [-0.05, 0) is 18.1 Å². The molecule has 1 unspecified atom stereocenters. The van der Waals surface area contributed by atoms with E-state index in [-0.39, 0.29) is 12.3 Å². The minimum atomic E-state index is -0.634. The zero-order chi connectivity index (χ0) is 14.4. The molecule has 1 amide bonds. The van der Waals surface area contributed by atoms with Gasteiger partial charge < -0.3 is 11.1 Å². The Balaban J connectivity index is 1.97. The average molecular weight is 267 g/mol. The third-order valence-corrected chi connectivity index (χ3v) is 3.08. The maximum atomic E-state index is 11.6. The molecule has 1 aromatic carbocycles. The summed E-state index contributed by atoms with van der Waals surface area (Å²) in [5.74, 6) is 2.17. The van der Waals surface area contributed by atoms with Crippen LogP contribution in [0.2, 0.25) is 0 Å². The molecule has 0 aliphatic heterocycles. The summed E-state index contributed by atoms with van der Waals surface area (Å²) in [4.78, 5) is 16.0. The van der Waals surface area contributed by atoms with Crippen molar-refractivity contribution >= 4 is 16.8 Å². The van der Waals surface area contributed by atoms with Gasteiger partial charge in [0.15, 0.2) is 0 Å². The van der Waals surface area contributed by atoms with E-state index >= 15 is 0 Å². The number of amides is 1. The number of fused-ring (bicyclic) bond motifs is 1. The molecule has 0 aliphatic rings. The standard InChI is InChI=1S/C16H17N3O/c1-2-5-14(17)16(20)19-11-9-13-7-3-6-12-8-4-10-18-15(12)13/h1,3-4,6-8,10,14H,5,9,11,17H2,(H,19,20). The largest absolute Gasteiger partial charge is 0.354 e. The highest BCUT2D eigenvalue weighted by atomic mass is 16.2. The number of benzene rings is 1. The summed E-state index contributed by atoms with van der Waals surface area (Å²) in [7, 11) is 0. The molecule has 3 N–H and O–H groups in total. The first-order chi connectivity index (χ1) is 9.72. The van der Waals surface area contributed by atoms with Crippen molar-refractivity contribution < 1.29 is 4.79 Å². The van der Waals surface area contributed by atoms with Crippen LogP contribution in [0, 0.1) is 12.3 Å². The molecule has 1 atom stereocenters. The molecule has 0 saturated carbocycles. The number of carbonyl (C=O) groups is 1. The smallest absolute Gasteiger partial charge is 0.237 e. The molecule has 0 fully saturated rings. The number of nitrogens with two attached hydrogens (primary N) is 1. The van der Waals surface area contributed by atoms with E-state index in [0.29, 0.717) is 13.0 Å². The lowest BCUT2D eigenvalue weighted by Crippen LogP contribution is -2.41. The van der Waals surface area contributed by atoms with E-state index in [0.717, 1.165) is 16.5 Å². The Kier molecular flexibility index (Phi) is 4.70. The molecule has 0 aliphatic carbocycles. The number of rotatable bonds is 5. The van der Waals surface area contributed by atoms with Crippen LogP contribution in [0.25, 0.3) is 10.9 Å². The van der Waals surface area contributed by atoms with Gasteiger partial charge in [0, 0.05) is 24.5 Å². The Morgan fingerprint density at radius 2 is 2.20 bits per heavy atom. The minimum Gasteiger partial charge on any atom is -0.354 e. The number of carbonyl (C=O) groups excluding carboxylic acids is 1. The summed E-state index contributed by atoms with van der Waals surface area (Å²) < 4.78 is 0. The molecule has 0 spiro atoms. The average Bonchev–Trinajstić information content (AvgIpc) is 2.47. The van der Waals surface area contributed by atoms with E-state index in [1.54, 1.807) is 6.20 Å². The number of terminal acetylenes is 1. The van der Waals surface area contributed by atoms with Crippen LogP contribution in [0.1, 0.15) is 12.0 Å². The third kappa shape index (κ3) is 3.34. The number of nitrogens with one attached hydrogen (secondary N) is 1. The lowest BCUT2D eigenvalue weighted by Gasteiger charge is -2.10. The Bertz CT molecular complexity index is 640. The van der Waals surface area contributed by atoms with Crippen LogP contribution in [0.3, 0.4) is 0 Å². The fourth-order valence-electron chi connectivity index (χ4n) is 2.04. The van der Waals surface area contributed by atoms with E-state index < -0.39 is 6.04 Å². The molecule has 0 saturated heterocycles. The van der Waals surface area contributed by atoms with E-state index in [1.807, 2.05) is 30.3 Å². The topological polar surface area (TPSA) is 68.0 Å². The second-order valence-electron chi connectivity index (χ2n) is 4.55. The van der Waals surface area contributed by atoms with E-state index in [4.69, 9.17) is 12.2 Å². The maximum Gasteiger partial charge on any atom is 0.237 e. The zero-order valence-corrected chi connectivity index (χ0v) is 11.2. The Morgan fingerprint density at radius 3 is 3.00 bits per heavy atom. The number of nitrogens with zero attached hydrogens (tertiary/aromatic N) is 1. The first kappa shape index (κ1) is 14.0. The van der Waals surface area contributed by atoms with Crippen LogP contribution in [0.15, 0.2) is 36.5 Å². The molecule has 102 valence electrons. The normalized spacial score (nSPS) is 11.8. The van der Waals surface area contributed by atoms with E-state index in [2.05, 4.69) is 16.2 Å². The van der Waals surface area contributed by atoms with Crippen LogP contribution in [-0.2, 0) is 11.2 Å². The fourth-order valence-corrected chi connectivity index (χ4v) is 2.04. The van der Waals surface area contributed by atoms with Crippen molar-refractivity contribution in [2.75, 3.05) is 6.54 Å². The molecule has 4 heteroatoms. The molecule has 4 nitrogen and oxygen atoms in total. The van der Waals surface area contributed by atoms with Gasteiger partial charge >= 0.3 is 0 Å². The van der Waals surface area contributed by atoms with Crippen LogP contribution < -0.4 is 11.1 Å². The second-order valence-corrected chi connectivity index (χ2v) is 4.55. The quantitative estimate of drug-likeness (QED) is 0.801. The van der Waals surface area contributed by atoms with Gasteiger partial charge in [-0.3, -0.25) is 9.78 Å². The number of pyridine rings is 1. The summed E-state index contributed by atoms with van der Waals surface area (Å²) in [6.07, 6.45) is 7.86. The second kappa shape index (κ2) is 6.69. The first-order valence-corrected chi connectivity index (χ1v) is 6.51. The highest BCUT2D eigenvalue weighted by Crippen LogP contribution is 2.15. The van der Waals surface area contributed by atoms with Crippen LogP contribution in [0.4, 0.5) is 0 Å². The molecular formula is C16H17N3O. The fraction of sp³-hybridized carbons (Fsp3) is 0.250. The number of para-hydroxylation sites is 1. The molecule has 0 radical (unpaired) electrons. The van der Waals surface area contributed by atoms with Gasteiger partial charge in [-0.15, -0.1) is 12.3 Å². The Hall–Kier alpha value is -2.38. The monoisotopic (exact) mass is 267 g/mol. The van der Waals surface area contributed by atoms with E-state index in [1.165, 1.54) is 0 Å². The van der Waals surface area contributed by atoms with Crippen molar-refractivity contribution in [2.24, 2.45) is 5.73 Å². The summed E-state index contributed by atoms with van der Waals surface area (Å²) in [5, 5.41) is 3.89. The van der Waals surface area contributed by atoms with Gasteiger partial charge in [-0.1, -0.05) is 24.3 Å². The Labute approximate surface area is 118 Å². The van der Waals surface area contributed by atoms with Crippen molar-refractivity contribution in [3.8, 4) is 12.3 Å². The summed E-state index contributed by atoms with van der Waals surface area (Å²) in [6, 6.07) is 9.33. The van der Waals surface area contributed by atoms with Gasteiger partial charge in [0.2, 0.25) is 5.91 Å². The number of aromatic nitrogens is 1. The summed E-state index contributed by atoms with van der Waals surface area (Å²) in [5.41, 5.74) is 7.71. The van der Waals surface area contributed by atoms with Crippen molar-refractivity contribution in [1.29, 1.82) is 0 Å². The molecule has 2 rings (SSSR count). The third-order valence-electron chi connectivity index (χ3n) is 3.08. The SMILES string of the molecule is C#CCC(N)C(=O)NCCc1cccc2cccnc12. The lowest BCUT2D eigenvalue weighted by molar-refractivity contribution is -0.122. The van der Waals surface area contributed by atoms with Gasteiger partial charge in [0.05, 0.1) is 11.6 Å². The lowest BCUT2D eigenvalue weighted by atomic mass is 10.1. The number of hydrogen-bond donors (Lipinski definition) is 2. The predicted octanol–water partition coefficient (Wildman–Crippen LogP) is 1.24. The molecule has 20 heavy (non-hydrogen) atoms. The van der Waals surface area contributed by atoms with Crippen LogP contribution >= 0.6 is 0 Å². The van der Waals surface area contributed by atoms with Crippen molar-refractivity contribution in [1.82, 2.24) is 10.3 Å². The predicted molar refractivity (Wildman–Crippen MR) is 79.9 cm³/mol. The molecule has 1 heterocycles. The van der Waals surface area contributed by atoms with Crippen LogP contribution in [0.5, 0.6) is 0 Å². The molecule has 1 aromatic heterocycles. The summed E-state index contributed by atoms with van der Waals surface area (Å²) >= 11 is 0. The minimum absolute atomic E-state index is 0.212. The maximum absolute atomic E-state index is 11.6. The van der Waals surface area contributed by atoms with Crippen molar-refractivity contribution in [3.63, 3.8) is 0 Å². The molecule has 0 bridgehead atoms. The van der Waals surface area contributed by atoms with E-state index in [9.17, 15) is 4.79 Å². The molecular weight excluding hydrogens is 250 g/mol.